The van der Waals surface area contributed by atoms with Gasteiger partial charge in [0.2, 0.25) is 0 Å². The second-order valence-corrected chi connectivity index (χ2v) is 5.65. The predicted molar refractivity (Wildman–Crippen MR) is 72.8 cm³/mol. The molecule has 1 rings (SSSR count). The van der Waals surface area contributed by atoms with Gasteiger partial charge < -0.3 is 9.30 Å². The number of rotatable bonds is 6. The zero-order valence-corrected chi connectivity index (χ0v) is 12.1. The van der Waals surface area contributed by atoms with Gasteiger partial charge in [0.05, 0.1) is 6.10 Å². The van der Waals surface area contributed by atoms with Crippen molar-refractivity contribution in [2.75, 3.05) is 7.11 Å². The number of aromatic nitrogens is 2. The maximum Gasteiger partial charge on any atom is 0.129 e. The normalized spacial score (nSPS) is 15.7. The maximum absolute atomic E-state index is 5.72. The number of hydrogen-bond acceptors (Lipinski definition) is 4. The molecule has 0 spiro atoms. The highest BCUT2D eigenvalue weighted by atomic mass is 16.5. The minimum atomic E-state index is -0.114. The van der Waals surface area contributed by atoms with Crippen molar-refractivity contribution in [1.82, 2.24) is 15.0 Å². The summed E-state index contributed by atoms with van der Waals surface area (Å²) in [6.07, 6.45) is 4.82. The molecule has 1 aromatic rings. The molecule has 2 atom stereocenters. The highest BCUT2D eigenvalue weighted by Crippen LogP contribution is 2.31. The van der Waals surface area contributed by atoms with Gasteiger partial charge in [-0.1, -0.05) is 27.7 Å². The van der Waals surface area contributed by atoms with Crippen molar-refractivity contribution in [2.45, 2.75) is 52.8 Å². The Morgan fingerprint density at radius 1 is 1.50 bits per heavy atom. The van der Waals surface area contributed by atoms with Crippen molar-refractivity contribution in [2.24, 2.45) is 11.3 Å². The highest BCUT2D eigenvalue weighted by Gasteiger charge is 2.35. The highest BCUT2D eigenvalue weighted by molar-refractivity contribution is 5.04. The summed E-state index contributed by atoms with van der Waals surface area (Å²) in [7, 11) is 1.72. The van der Waals surface area contributed by atoms with Gasteiger partial charge in [-0.15, -0.1) is 0 Å². The molecule has 2 unspecified atom stereocenters. The standard InChI is InChI=1S/C13H26N4O/c1-6-8-17-9-7-15-12(17)10(16-14)11(18-5)13(2,3)4/h7,9-11,16H,6,8,14H2,1-5H3. The third-order valence-electron chi connectivity index (χ3n) is 3.08. The van der Waals surface area contributed by atoms with Crippen molar-refractivity contribution in [3.8, 4) is 0 Å². The summed E-state index contributed by atoms with van der Waals surface area (Å²) in [5, 5.41) is 0. The fourth-order valence-corrected chi connectivity index (χ4v) is 2.32. The molecule has 104 valence electrons. The van der Waals surface area contributed by atoms with Gasteiger partial charge >= 0.3 is 0 Å². The number of nitrogens with zero attached hydrogens (tertiary/aromatic N) is 2. The van der Waals surface area contributed by atoms with E-state index in [1.165, 1.54) is 0 Å². The van der Waals surface area contributed by atoms with Gasteiger partial charge in [-0.2, -0.15) is 0 Å². The average Bonchev–Trinajstić information content (AvgIpc) is 2.72. The van der Waals surface area contributed by atoms with E-state index < -0.39 is 0 Å². The number of nitrogens with two attached hydrogens (primary N) is 1. The Morgan fingerprint density at radius 3 is 2.61 bits per heavy atom. The van der Waals surface area contributed by atoms with Crippen LogP contribution in [0.25, 0.3) is 0 Å². The van der Waals surface area contributed by atoms with E-state index in [1.807, 2.05) is 12.4 Å². The van der Waals surface area contributed by atoms with Crippen molar-refractivity contribution in [3.05, 3.63) is 18.2 Å². The molecule has 5 heteroatoms. The van der Waals surface area contributed by atoms with Gasteiger partial charge in [0.25, 0.3) is 0 Å². The fourth-order valence-electron chi connectivity index (χ4n) is 2.32. The number of nitrogens with one attached hydrogen (secondary N) is 1. The van der Waals surface area contributed by atoms with Crippen molar-refractivity contribution < 1.29 is 4.74 Å². The van der Waals surface area contributed by atoms with E-state index in [4.69, 9.17) is 10.6 Å². The van der Waals surface area contributed by atoms with Gasteiger partial charge in [0.1, 0.15) is 11.9 Å². The van der Waals surface area contributed by atoms with Crippen LogP contribution >= 0.6 is 0 Å². The third-order valence-corrected chi connectivity index (χ3v) is 3.08. The lowest BCUT2D eigenvalue weighted by molar-refractivity contribution is -0.0149. The molecular weight excluding hydrogens is 228 g/mol. The summed E-state index contributed by atoms with van der Waals surface area (Å²) < 4.78 is 7.76. The second-order valence-electron chi connectivity index (χ2n) is 5.65. The first-order valence-corrected chi connectivity index (χ1v) is 6.45. The van der Waals surface area contributed by atoms with Gasteiger partial charge in [-0.3, -0.25) is 5.84 Å². The van der Waals surface area contributed by atoms with Crippen LogP contribution in [0.15, 0.2) is 12.4 Å². The summed E-state index contributed by atoms with van der Waals surface area (Å²) in [6, 6.07) is -0.114. The minimum absolute atomic E-state index is 0.0191. The molecular formula is C13H26N4O. The predicted octanol–water partition coefficient (Wildman–Crippen LogP) is 1.86. The zero-order chi connectivity index (χ0) is 13.8. The Balaban J connectivity index is 3.04. The Bertz CT molecular complexity index is 356. The quantitative estimate of drug-likeness (QED) is 0.601. The Kier molecular flexibility index (Phi) is 5.31. The molecule has 0 fully saturated rings. The third kappa shape index (κ3) is 3.31. The van der Waals surface area contributed by atoms with E-state index in [2.05, 4.69) is 42.7 Å². The van der Waals surface area contributed by atoms with Crippen molar-refractivity contribution in [3.63, 3.8) is 0 Å². The van der Waals surface area contributed by atoms with E-state index in [0.29, 0.717) is 0 Å². The first kappa shape index (κ1) is 15.1. The summed E-state index contributed by atoms with van der Waals surface area (Å²) in [6.45, 7) is 9.50. The first-order valence-electron chi connectivity index (χ1n) is 6.45. The van der Waals surface area contributed by atoms with Crippen LogP contribution in [0.4, 0.5) is 0 Å². The van der Waals surface area contributed by atoms with Crippen LogP contribution in [0.1, 0.15) is 46.0 Å². The smallest absolute Gasteiger partial charge is 0.129 e. The van der Waals surface area contributed by atoms with Crippen LogP contribution in [0, 0.1) is 5.41 Å². The van der Waals surface area contributed by atoms with Crippen LogP contribution in [0.2, 0.25) is 0 Å². The Labute approximate surface area is 110 Å². The number of methoxy groups -OCH3 is 1. The Morgan fingerprint density at radius 2 is 2.17 bits per heavy atom. The number of aryl methyl sites for hydroxylation is 1. The van der Waals surface area contributed by atoms with Crippen LogP contribution < -0.4 is 11.3 Å². The summed E-state index contributed by atoms with van der Waals surface area (Å²) in [5.41, 5.74) is 2.83. The van der Waals surface area contributed by atoms with Crippen LogP contribution in [-0.2, 0) is 11.3 Å². The molecule has 0 aliphatic rings. The molecule has 1 heterocycles. The largest absolute Gasteiger partial charge is 0.379 e. The molecule has 18 heavy (non-hydrogen) atoms. The maximum atomic E-state index is 5.72. The lowest BCUT2D eigenvalue weighted by atomic mass is 9.84. The molecule has 0 aliphatic heterocycles. The van der Waals surface area contributed by atoms with E-state index in [-0.39, 0.29) is 17.6 Å². The average molecular weight is 254 g/mol. The van der Waals surface area contributed by atoms with Gasteiger partial charge in [-0.25, -0.2) is 10.4 Å². The van der Waals surface area contributed by atoms with Crippen molar-refractivity contribution in [1.29, 1.82) is 0 Å². The lowest BCUT2D eigenvalue weighted by Crippen LogP contribution is -2.45. The van der Waals surface area contributed by atoms with E-state index >= 15 is 0 Å². The zero-order valence-electron chi connectivity index (χ0n) is 12.1. The van der Waals surface area contributed by atoms with Gasteiger partial charge in [0, 0.05) is 26.0 Å². The molecule has 0 radical (unpaired) electrons. The number of imidazole rings is 1. The Hall–Kier alpha value is -0.910. The molecule has 0 saturated carbocycles. The molecule has 0 aliphatic carbocycles. The molecule has 0 aromatic carbocycles. The summed E-state index contributed by atoms with van der Waals surface area (Å²) in [4.78, 5) is 4.43. The first-order chi connectivity index (χ1) is 8.45. The van der Waals surface area contributed by atoms with Gasteiger partial charge in [0.15, 0.2) is 0 Å². The molecule has 0 amide bonds. The molecule has 1 aromatic heterocycles. The molecule has 5 nitrogen and oxygen atoms in total. The topological polar surface area (TPSA) is 65.1 Å². The van der Waals surface area contributed by atoms with Crippen molar-refractivity contribution >= 4 is 0 Å². The molecule has 3 N–H and O–H groups in total. The monoisotopic (exact) mass is 254 g/mol. The SMILES string of the molecule is CCCn1ccnc1C(NN)C(OC)C(C)(C)C. The number of hydrazine groups is 1. The molecule has 0 bridgehead atoms. The van der Waals surface area contributed by atoms with Crippen LogP contribution in [-0.4, -0.2) is 22.8 Å². The minimum Gasteiger partial charge on any atom is -0.379 e. The second kappa shape index (κ2) is 6.31. The summed E-state index contributed by atoms with van der Waals surface area (Å²) in [5.74, 6) is 6.65. The van der Waals surface area contributed by atoms with Gasteiger partial charge in [-0.05, 0) is 11.8 Å². The lowest BCUT2D eigenvalue weighted by Gasteiger charge is -2.35. The number of ether oxygens (including phenoxy) is 1. The number of hydrogen-bond donors (Lipinski definition) is 2. The summed E-state index contributed by atoms with van der Waals surface area (Å²) >= 11 is 0. The fraction of sp³-hybridized carbons (Fsp3) is 0.769. The van der Waals surface area contributed by atoms with E-state index in [9.17, 15) is 0 Å². The van der Waals surface area contributed by atoms with E-state index in [1.54, 1.807) is 7.11 Å². The molecule has 0 saturated heterocycles. The van der Waals surface area contributed by atoms with E-state index in [0.717, 1.165) is 18.8 Å². The van der Waals surface area contributed by atoms with Crippen LogP contribution in [0.3, 0.4) is 0 Å². The van der Waals surface area contributed by atoms with Crippen LogP contribution in [0.5, 0.6) is 0 Å².